The molecule has 0 bridgehead atoms. The number of pyridine rings is 1. The highest BCUT2D eigenvalue weighted by atomic mass is 15.0. The molecule has 4 nitrogen and oxygen atoms in total. The molecule has 0 aromatic carbocycles. The maximum absolute atomic E-state index is 4.40. The third-order valence-corrected chi connectivity index (χ3v) is 3.06. The second-order valence-electron chi connectivity index (χ2n) is 4.45. The normalized spacial score (nSPS) is 12.6. The average Bonchev–Trinajstić information content (AvgIpc) is 2.81. The molecule has 0 amide bonds. The van der Waals surface area contributed by atoms with Crippen molar-refractivity contribution in [2.45, 2.75) is 25.8 Å². The number of nitrogens with one attached hydrogen (secondary N) is 1. The molecule has 2 heterocycles. The van der Waals surface area contributed by atoms with E-state index in [9.17, 15) is 0 Å². The van der Waals surface area contributed by atoms with Gasteiger partial charge in [-0.1, -0.05) is 6.92 Å². The molecule has 0 spiro atoms. The Hall–Kier alpha value is -1.68. The predicted octanol–water partition coefficient (Wildman–Crippen LogP) is 2.10. The van der Waals surface area contributed by atoms with E-state index in [0.29, 0.717) is 6.04 Å². The van der Waals surface area contributed by atoms with Crippen LogP contribution < -0.4 is 5.32 Å². The van der Waals surface area contributed by atoms with E-state index in [4.69, 9.17) is 0 Å². The topological polar surface area (TPSA) is 42.7 Å². The molecule has 0 aliphatic carbocycles. The molecule has 2 aromatic heterocycles. The van der Waals surface area contributed by atoms with Crippen LogP contribution in [0.1, 0.15) is 30.8 Å². The molecule has 4 heteroatoms. The average molecular weight is 244 g/mol. The Morgan fingerprint density at radius 3 is 2.67 bits per heavy atom. The van der Waals surface area contributed by atoms with E-state index in [0.717, 1.165) is 25.2 Å². The van der Waals surface area contributed by atoms with Gasteiger partial charge in [-0.15, -0.1) is 0 Å². The van der Waals surface area contributed by atoms with Crippen molar-refractivity contribution in [1.29, 1.82) is 0 Å². The van der Waals surface area contributed by atoms with E-state index in [2.05, 4.69) is 38.9 Å². The Labute approximate surface area is 108 Å². The van der Waals surface area contributed by atoms with Crippen LogP contribution in [0.25, 0.3) is 0 Å². The van der Waals surface area contributed by atoms with Gasteiger partial charge in [-0.2, -0.15) is 0 Å². The molecule has 18 heavy (non-hydrogen) atoms. The van der Waals surface area contributed by atoms with E-state index in [-0.39, 0.29) is 0 Å². The minimum Gasteiger partial charge on any atom is -0.338 e. The summed E-state index contributed by atoms with van der Waals surface area (Å²) in [7, 11) is 2.03. The summed E-state index contributed by atoms with van der Waals surface area (Å²) in [5, 5.41) is 3.57. The first-order chi connectivity index (χ1) is 8.81. The van der Waals surface area contributed by atoms with Gasteiger partial charge in [0, 0.05) is 44.3 Å². The van der Waals surface area contributed by atoms with Crippen molar-refractivity contribution in [3.63, 3.8) is 0 Å². The zero-order valence-electron chi connectivity index (χ0n) is 11.0. The molecule has 0 saturated heterocycles. The SMILES string of the molecule is CCCNC(Cc1nccn1C)c1ccncc1. The maximum atomic E-state index is 4.40. The number of aryl methyl sites for hydroxylation is 1. The standard InChI is InChI=1S/C14H20N4/c1-3-6-16-13(12-4-7-15-8-5-12)11-14-17-9-10-18(14)2/h4-5,7-10,13,16H,3,6,11H2,1-2H3. The predicted molar refractivity (Wildman–Crippen MR) is 72.2 cm³/mol. The highest BCUT2D eigenvalue weighted by Gasteiger charge is 2.13. The summed E-state index contributed by atoms with van der Waals surface area (Å²) in [4.78, 5) is 8.47. The van der Waals surface area contributed by atoms with Crippen molar-refractivity contribution in [3.8, 4) is 0 Å². The number of rotatable bonds is 6. The van der Waals surface area contributed by atoms with Crippen LogP contribution in [0.5, 0.6) is 0 Å². The quantitative estimate of drug-likeness (QED) is 0.846. The van der Waals surface area contributed by atoms with E-state index in [1.165, 1.54) is 5.56 Å². The third-order valence-electron chi connectivity index (χ3n) is 3.06. The fraction of sp³-hybridized carbons (Fsp3) is 0.429. The van der Waals surface area contributed by atoms with E-state index < -0.39 is 0 Å². The molecule has 0 saturated carbocycles. The lowest BCUT2D eigenvalue weighted by Gasteiger charge is -2.18. The Morgan fingerprint density at radius 2 is 2.06 bits per heavy atom. The van der Waals surface area contributed by atoms with Crippen LogP contribution in [0, 0.1) is 0 Å². The summed E-state index contributed by atoms with van der Waals surface area (Å²) in [5.41, 5.74) is 1.27. The molecule has 1 unspecified atom stereocenters. The zero-order valence-corrected chi connectivity index (χ0v) is 11.0. The zero-order chi connectivity index (χ0) is 12.8. The molecule has 0 aliphatic rings. The second-order valence-corrected chi connectivity index (χ2v) is 4.45. The molecule has 0 radical (unpaired) electrons. The van der Waals surface area contributed by atoms with Gasteiger partial charge >= 0.3 is 0 Å². The van der Waals surface area contributed by atoms with Gasteiger partial charge in [0.2, 0.25) is 0 Å². The number of nitrogens with zero attached hydrogens (tertiary/aromatic N) is 3. The van der Waals surface area contributed by atoms with Crippen molar-refractivity contribution in [2.75, 3.05) is 6.54 Å². The summed E-state index contributed by atoms with van der Waals surface area (Å²) in [6.45, 7) is 3.19. The van der Waals surface area contributed by atoms with Crippen LogP contribution in [0.4, 0.5) is 0 Å². The summed E-state index contributed by atoms with van der Waals surface area (Å²) in [6, 6.07) is 4.43. The van der Waals surface area contributed by atoms with Gasteiger partial charge in [0.05, 0.1) is 0 Å². The van der Waals surface area contributed by atoms with Crippen molar-refractivity contribution in [1.82, 2.24) is 19.9 Å². The van der Waals surface area contributed by atoms with Gasteiger partial charge in [-0.3, -0.25) is 4.98 Å². The van der Waals surface area contributed by atoms with Gasteiger partial charge in [-0.05, 0) is 30.7 Å². The molecule has 2 rings (SSSR count). The van der Waals surface area contributed by atoms with Crippen LogP contribution in [0.2, 0.25) is 0 Å². The number of imidazole rings is 1. The van der Waals surface area contributed by atoms with Gasteiger partial charge < -0.3 is 9.88 Å². The van der Waals surface area contributed by atoms with Crippen LogP contribution in [0.15, 0.2) is 36.9 Å². The fourth-order valence-corrected chi connectivity index (χ4v) is 2.00. The van der Waals surface area contributed by atoms with Crippen molar-refractivity contribution < 1.29 is 0 Å². The van der Waals surface area contributed by atoms with Gasteiger partial charge in [-0.25, -0.2) is 4.98 Å². The lowest BCUT2D eigenvalue weighted by atomic mass is 10.0. The van der Waals surface area contributed by atoms with Crippen LogP contribution in [0.3, 0.4) is 0 Å². The maximum Gasteiger partial charge on any atom is 0.110 e. The largest absolute Gasteiger partial charge is 0.338 e. The first-order valence-electron chi connectivity index (χ1n) is 6.40. The first-order valence-corrected chi connectivity index (χ1v) is 6.40. The molecule has 2 aromatic rings. The Kier molecular flexibility index (Phi) is 4.47. The molecule has 1 atom stereocenters. The smallest absolute Gasteiger partial charge is 0.110 e. The van der Waals surface area contributed by atoms with Crippen molar-refractivity contribution in [2.24, 2.45) is 7.05 Å². The third kappa shape index (κ3) is 3.17. The van der Waals surface area contributed by atoms with Crippen molar-refractivity contribution in [3.05, 3.63) is 48.3 Å². The molecule has 0 aliphatic heterocycles. The monoisotopic (exact) mass is 244 g/mol. The fourth-order valence-electron chi connectivity index (χ4n) is 2.00. The Balaban J connectivity index is 2.13. The minimum absolute atomic E-state index is 0.300. The number of hydrogen-bond donors (Lipinski definition) is 1. The molecule has 0 fully saturated rings. The second kappa shape index (κ2) is 6.31. The minimum atomic E-state index is 0.300. The lowest BCUT2D eigenvalue weighted by molar-refractivity contribution is 0.511. The van der Waals surface area contributed by atoms with Crippen LogP contribution in [-0.2, 0) is 13.5 Å². The summed E-state index contributed by atoms with van der Waals surface area (Å²) in [5.74, 6) is 1.10. The van der Waals surface area contributed by atoms with Crippen molar-refractivity contribution >= 4 is 0 Å². The van der Waals surface area contributed by atoms with Gasteiger partial charge in [0.1, 0.15) is 5.82 Å². The summed E-state index contributed by atoms with van der Waals surface area (Å²) >= 11 is 0. The number of aromatic nitrogens is 3. The molecule has 96 valence electrons. The molecule has 1 N–H and O–H groups in total. The summed E-state index contributed by atoms with van der Waals surface area (Å²) in [6.07, 6.45) is 9.54. The van der Waals surface area contributed by atoms with Gasteiger partial charge in [0.25, 0.3) is 0 Å². The van der Waals surface area contributed by atoms with E-state index >= 15 is 0 Å². The first kappa shape index (κ1) is 12.8. The highest BCUT2D eigenvalue weighted by Crippen LogP contribution is 2.16. The number of hydrogen-bond acceptors (Lipinski definition) is 3. The Morgan fingerprint density at radius 1 is 1.28 bits per heavy atom. The summed E-state index contributed by atoms with van der Waals surface area (Å²) < 4.78 is 2.07. The molecular formula is C14H20N4. The highest BCUT2D eigenvalue weighted by molar-refractivity contribution is 5.16. The molecular weight excluding hydrogens is 224 g/mol. The van der Waals surface area contributed by atoms with E-state index in [1.807, 2.05) is 31.8 Å². The van der Waals surface area contributed by atoms with Gasteiger partial charge in [0.15, 0.2) is 0 Å². The van der Waals surface area contributed by atoms with Crippen LogP contribution in [-0.4, -0.2) is 21.1 Å². The van der Waals surface area contributed by atoms with Crippen LogP contribution >= 0.6 is 0 Å². The Bertz CT molecular complexity index is 464. The lowest BCUT2D eigenvalue weighted by Crippen LogP contribution is -2.25. The van der Waals surface area contributed by atoms with E-state index in [1.54, 1.807) is 0 Å².